The van der Waals surface area contributed by atoms with Crippen LogP contribution in [0.1, 0.15) is 35.9 Å². The molecule has 1 aromatic carbocycles. The topological polar surface area (TPSA) is 51.8 Å². The second kappa shape index (κ2) is 5.54. The SMILES string of the molecule is Cc1cc(-c2nc(C(C)C)c(CN)s2)nc2ccccc12. The van der Waals surface area contributed by atoms with Crippen LogP contribution in [0.25, 0.3) is 21.6 Å². The summed E-state index contributed by atoms with van der Waals surface area (Å²) in [6.45, 7) is 6.96. The van der Waals surface area contributed by atoms with E-state index in [0.29, 0.717) is 12.5 Å². The number of para-hydroxylation sites is 1. The van der Waals surface area contributed by atoms with Crippen molar-refractivity contribution >= 4 is 22.2 Å². The summed E-state index contributed by atoms with van der Waals surface area (Å²) in [5.74, 6) is 0.384. The molecule has 0 aliphatic rings. The van der Waals surface area contributed by atoms with Crippen LogP contribution in [0.5, 0.6) is 0 Å². The molecule has 0 fully saturated rings. The Morgan fingerprint density at radius 2 is 1.95 bits per heavy atom. The molecule has 0 aliphatic heterocycles. The third-order valence-corrected chi connectivity index (χ3v) is 4.72. The Hall–Kier alpha value is -1.78. The lowest BCUT2D eigenvalue weighted by Gasteiger charge is -2.04. The molecule has 0 bridgehead atoms. The van der Waals surface area contributed by atoms with Gasteiger partial charge in [0.05, 0.1) is 16.9 Å². The van der Waals surface area contributed by atoms with Gasteiger partial charge in [-0.15, -0.1) is 11.3 Å². The fraction of sp³-hybridized carbons (Fsp3) is 0.294. The van der Waals surface area contributed by atoms with E-state index in [1.54, 1.807) is 11.3 Å². The average molecular weight is 297 g/mol. The third-order valence-electron chi connectivity index (χ3n) is 3.60. The van der Waals surface area contributed by atoms with E-state index in [1.807, 2.05) is 18.2 Å². The van der Waals surface area contributed by atoms with Gasteiger partial charge in [-0.05, 0) is 30.5 Å². The van der Waals surface area contributed by atoms with Crippen LogP contribution in [-0.2, 0) is 6.54 Å². The molecule has 0 saturated carbocycles. The van der Waals surface area contributed by atoms with Crippen LogP contribution in [-0.4, -0.2) is 9.97 Å². The summed E-state index contributed by atoms with van der Waals surface area (Å²) in [6.07, 6.45) is 0. The first-order valence-corrected chi connectivity index (χ1v) is 7.98. The number of hydrogen-bond acceptors (Lipinski definition) is 4. The fourth-order valence-electron chi connectivity index (χ4n) is 2.53. The van der Waals surface area contributed by atoms with Gasteiger partial charge in [0.15, 0.2) is 0 Å². The zero-order chi connectivity index (χ0) is 15.0. The maximum atomic E-state index is 5.85. The van der Waals surface area contributed by atoms with Gasteiger partial charge < -0.3 is 5.73 Å². The van der Waals surface area contributed by atoms with E-state index in [0.717, 1.165) is 26.8 Å². The molecule has 3 nitrogen and oxygen atoms in total. The number of aryl methyl sites for hydroxylation is 1. The largest absolute Gasteiger partial charge is 0.326 e. The number of fused-ring (bicyclic) bond motifs is 1. The van der Waals surface area contributed by atoms with E-state index in [-0.39, 0.29) is 0 Å². The van der Waals surface area contributed by atoms with Crippen LogP contribution in [0.2, 0.25) is 0 Å². The molecule has 0 atom stereocenters. The molecular weight excluding hydrogens is 278 g/mol. The van der Waals surface area contributed by atoms with E-state index in [2.05, 4.69) is 32.9 Å². The first kappa shape index (κ1) is 14.2. The number of thiazole rings is 1. The molecule has 4 heteroatoms. The van der Waals surface area contributed by atoms with E-state index < -0.39 is 0 Å². The Bertz CT molecular complexity index is 790. The predicted molar refractivity (Wildman–Crippen MR) is 89.6 cm³/mol. The Morgan fingerprint density at radius 1 is 1.19 bits per heavy atom. The van der Waals surface area contributed by atoms with E-state index in [9.17, 15) is 0 Å². The van der Waals surface area contributed by atoms with E-state index in [4.69, 9.17) is 15.7 Å². The maximum absolute atomic E-state index is 5.85. The van der Waals surface area contributed by atoms with Crippen molar-refractivity contribution < 1.29 is 0 Å². The van der Waals surface area contributed by atoms with Crippen molar-refractivity contribution in [2.24, 2.45) is 5.73 Å². The van der Waals surface area contributed by atoms with Crippen molar-refractivity contribution in [1.82, 2.24) is 9.97 Å². The van der Waals surface area contributed by atoms with Gasteiger partial charge in [0.1, 0.15) is 5.01 Å². The lowest BCUT2D eigenvalue weighted by Crippen LogP contribution is -1.99. The highest BCUT2D eigenvalue weighted by molar-refractivity contribution is 7.15. The molecule has 0 saturated heterocycles. The van der Waals surface area contributed by atoms with Gasteiger partial charge in [0, 0.05) is 16.8 Å². The molecule has 3 rings (SSSR count). The molecule has 0 amide bonds. The van der Waals surface area contributed by atoms with Gasteiger partial charge in [-0.2, -0.15) is 0 Å². The number of rotatable bonds is 3. The zero-order valence-electron chi connectivity index (χ0n) is 12.6. The number of pyridine rings is 1. The lowest BCUT2D eigenvalue weighted by molar-refractivity contribution is 0.813. The summed E-state index contributed by atoms with van der Waals surface area (Å²) in [4.78, 5) is 10.7. The molecule has 2 aromatic heterocycles. The van der Waals surface area contributed by atoms with Crippen LogP contribution < -0.4 is 5.73 Å². The number of nitrogens with zero attached hydrogens (tertiary/aromatic N) is 2. The van der Waals surface area contributed by atoms with Crippen LogP contribution in [0.3, 0.4) is 0 Å². The predicted octanol–water partition coefficient (Wildman–Crippen LogP) is 4.25. The van der Waals surface area contributed by atoms with Crippen LogP contribution in [0.15, 0.2) is 30.3 Å². The molecule has 0 spiro atoms. The summed E-state index contributed by atoms with van der Waals surface area (Å²) in [6, 6.07) is 10.3. The second-order valence-electron chi connectivity index (χ2n) is 5.53. The zero-order valence-corrected chi connectivity index (χ0v) is 13.4. The first-order chi connectivity index (χ1) is 10.1. The molecule has 0 aliphatic carbocycles. The normalized spacial score (nSPS) is 11.5. The maximum Gasteiger partial charge on any atom is 0.142 e. The summed E-state index contributed by atoms with van der Waals surface area (Å²) >= 11 is 1.66. The van der Waals surface area contributed by atoms with Gasteiger partial charge in [0.25, 0.3) is 0 Å². The average Bonchev–Trinajstić information content (AvgIpc) is 2.92. The van der Waals surface area contributed by atoms with Crippen molar-refractivity contribution in [1.29, 1.82) is 0 Å². The molecule has 2 N–H and O–H groups in total. The molecule has 21 heavy (non-hydrogen) atoms. The van der Waals surface area contributed by atoms with Gasteiger partial charge >= 0.3 is 0 Å². The summed E-state index contributed by atoms with van der Waals surface area (Å²) in [7, 11) is 0. The molecular formula is C17H19N3S. The third kappa shape index (κ3) is 2.57. The van der Waals surface area contributed by atoms with Crippen molar-refractivity contribution in [3.05, 3.63) is 46.5 Å². The molecule has 108 valence electrons. The summed E-state index contributed by atoms with van der Waals surface area (Å²) < 4.78 is 0. The lowest BCUT2D eigenvalue weighted by atomic mass is 10.1. The minimum absolute atomic E-state index is 0.384. The number of nitrogens with two attached hydrogens (primary N) is 1. The highest BCUT2D eigenvalue weighted by Crippen LogP contribution is 2.32. The monoisotopic (exact) mass is 297 g/mol. The fourth-order valence-corrected chi connectivity index (χ4v) is 3.59. The summed E-state index contributed by atoms with van der Waals surface area (Å²) in [5, 5.41) is 2.16. The minimum atomic E-state index is 0.384. The van der Waals surface area contributed by atoms with Crippen molar-refractivity contribution in [2.45, 2.75) is 33.2 Å². The molecule has 3 aromatic rings. The van der Waals surface area contributed by atoms with Crippen molar-refractivity contribution in [2.75, 3.05) is 0 Å². The van der Waals surface area contributed by atoms with Gasteiger partial charge in [0.2, 0.25) is 0 Å². The Balaban J connectivity index is 2.16. The molecule has 2 heterocycles. The minimum Gasteiger partial charge on any atom is -0.326 e. The number of benzene rings is 1. The molecule has 0 radical (unpaired) electrons. The van der Waals surface area contributed by atoms with Crippen LogP contribution in [0, 0.1) is 6.92 Å². The molecule has 0 unspecified atom stereocenters. The van der Waals surface area contributed by atoms with Gasteiger partial charge in [-0.3, -0.25) is 0 Å². The summed E-state index contributed by atoms with van der Waals surface area (Å²) in [5.41, 5.74) is 10.1. The van der Waals surface area contributed by atoms with E-state index >= 15 is 0 Å². The Kier molecular flexibility index (Phi) is 3.74. The van der Waals surface area contributed by atoms with Crippen LogP contribution >= 0.6 is 11.3 Å². The number of aromatic nitrogens is 2. The Labute approximate surface area is 128 Å². The van der Waals surface area contributed by atoms with Gasteiger partial charge in [-0.1, -0.05) is 32.0 Å². The van der Waals surface area contributed by atoms with Crippen LogP contribution in [0.4, 0.5) is 0 Å². The second-order valence-corrected chi connectivity index (χ2v) is 6.61. The number of hydrogen-bond donors (Lipinski definition) is 1. The van der Waals surface area contributed by atoms with Crippen molar-refractivity contribution in [3.63, 3.8) is 0 Å². The highest BCUT2D eigenvalue weighted by atomic mass is 32.1. The first-order valence-electron chi connectivity index (χ1n) is 7.16. The quantitative estimate of drug-likeness (QED) is 0.786. The van der Waals surface area contributed by atoms with E-state index in [1.165, 1.54) is 10.9 Å². The van der Waals surface area contributed by atoms with Gasteiger partial charge in [-0.25, -0.2) is 9.97 Å². The smallest absolute Gasteiger partial charge is 0.142 e. The Morgan fingerprint density at radius 3 is 2.62 bits per heavy atom. The van der Waals surface area contributed by atoms with Crippen molar-refractivity contribution in [3.8, 4) is 10.7 Å². The standard InChI is InChI=1S/C17H19N3S/c1-10(2)16-15(9-18)21-17(20-16)14-8-11(3)12-6-4-5-7-13(12)19-14/h4-8,10H,9,18H2,1-3H3. The highest BCUT2D eigenvalue weighted by Gasteiger charge is 2.15.